The maximum absolute atomic E-state index is 11.5. The Morgan fingerprint density at radius 1 is 0.962 bits per heavy atom. The number of aromatic nitrogens is 3. The molecular formula is C17H13N3O6. The molecule has 2 heterocycles. The molecule has 3 rings (SSSR count). The highest BCUT2D eigenvalue weighted by Gasteiger charge is 2.19. The zero-order valence-electron chi connectivity index (χ0n) is 13.8. The Morgan fingerprint density at radius 3 is 2.27 bits per heavy atom. The van der Waals surface area contributed by atoms with Gasteiger partial charge in [-0.2, -0.15) is 0 Å². The Hall–Kier alpha value is -3.75. The van der Waals surface area contributed by atoms with E-state index in [1.165, 1.54) is 38.6 Å². The molecule has 1 aromatic carbocycles. The molecule has 3 aromatic rings. The zero-order chi connectivity index (χ0) is 18.8. The van der Waals surface area contributed by atoms with Gasteiger partial charge >= 0.3 is 11.9 Å². The van der Waals surface area contributed by atoms with E-state index in [0.717, 1.165) is 0 Å². The molecule has 0 saturated heterocycles. The zero-order valence-corrected chi connectivity index (χ0v) is 13.8. The lowest BCUT2D eigenvalue weighted by Gasteiger charge is -2.11. The van der Waals surface area contributed by atoms with Gasteiger partial charge < -0.3 is 19.7 Å². The van der Waals surface area contributed by atoms with Crippen LogP contribution in [0.2, 0.25) is 0 Å². The van der Waals surface area contributed by atoms with Gasteiger partial charge in [0.25, 0.3) is 0 Å². The number of aromatic carboxylic acids is 2. The number of hydrogen-bond donors (Lipinski definition) is 2. The van der Waals surface area contributed by atoms with Crippen molar-refractivity contribution in [1.29, 1.82) is 0 Å². The first-order chi connectivity index (χ1) is 12.5. The van der Waals surface area contributed by atoms with Crippen molar-refractivity contribution in [3.63, 3.8) is 0 Å². The number of ether oxygens (including phenoxy) is 2. The van der Waals surface area contributed by atoms with Crippen molar-refractivity contribution in [2.45, 2.75) is 0 Å². The SMILES string of the molecule is COc1cc(-c2cnc3c(C(=O)O)ccc(C(=O)O)c3c2)c(OC)nn1. The van der Waals surface area contributed by atoms with Crippen molar-refractivity contribution in [3.8, 4) is 22.9 Å². The van der Waals surface area contributed by atoms with Crippen LogP contribution in [0.4, 0.5) is 0 Å². The number of carboxylic acids is 2. The second-order valence-corrected chi connectivity index (χ2v) is 5.20. The first kappa shape index (κ1) is 17.1. The van der Waals surface area contributed by atoms with Gasteiger partial charge in [0.15, 0.2) is 0 Å². The van der Waals surface area contributed by atoms with Gasteiger partial charge in [0, 0.05) is 23.2 Å². The first-order valence-corrected chi connectivity index (χ1v) is 7.31. The first-order valence-electron chi connectivity index (χ1n) is 7.31. The van der Waals surface area contributed by atoms with Crippen molar-refractivity contribution in [3.05, 3.63) is 41.6 Å². The summed E-state index contributed by atoms with van der Waals surface area (Å²) in [6, 6.07) is 5.55. The van der Waals surface area contributed by atoms with Crippen molar-refractivity contribution in [1.82, 2.24) is 15.2 Å². The van der Waals surface area contributed by atoms with E-state index in [0.29, 0.717) is 11.1 Å². The molecule has 0 saturated carbocycles. The van der Waals surface area contributed by atoms with E-state index in [-0.39, 0.29) is 33.8 Å². The van der Waals surface area contributed by atoms with Crippen LogP contribution in [0.3, 0.4) is 0 Å². The minimum Gasteiger partial charge on any atom is -0.480 e. The summed E-state index contributed by atoms with van der Waals surface area (Å²) in [7, 11) is 2.85. The fourth-order valence-corrected chi connectivity index (χ4v) is 2.55. The highest BCUT2D eigenvalue weighted by molar-refractivity contribution is 6.10. The normalized spacial score (nSPS) is 10.5. The summed E-state index contributed by atoms with van der Waals surface area (Å²) in [5.41, 5.74) is 0.883. The summed E-state index contributed by atoms with van der Waals surface area (Å²) >= 11 is 0. The van der Waals surface area contributed by atoms with Crippen LogP contribution in [-0.4, -0.2) is 51.6 Å². The molecule has 2 N–H and O–H groups in total. The number of nitrogens with zero attached hydrogens (tertiary/aromatic N) is 3. The van der Waals surface area contributed by atoms with E-state index >= 15 is 0 Å². The molecule has 2 aromatic heterocycles. The molecule has 9 heteroatoms. The van der Waals surface area contributed by atoms with Crippen LogP contribution in [0.1, 0.15) is 20.7 Å². The molecule has 26 heavy (non-hydrogen) atoms. The predicted octanol–water partition coefficient (Wildman–Crippen LogP) is 2.11. The van der Waals surface area contributed by atoms with Gasteiger partial charge in [0.1, 0.15) is 0 Å². The molecule has 0 aliphatic heterocycles. The smallest absolute Gasteiger partial charge is 0.337 e. The second kappa shape index (κ2) is 6.63. The summed E-state index contributed by atoms with van der Waals surface area (Å²) in [6.07, 6.45) is 1.42. The minimum atomic E-state index is -1.20. The van der Waals surface area contributed by atoms with Crippen molar-refractivity contribution in [2.75, 3.05) is 14.2 Å². The van der Waals surface area contributed by atoms with Crippen molar-refractivity contribution in [2.24, 2.45) is 0 Å². The monoisotopic (exact) mass is 355 g/mol. The fraction of sp³-hybridized carbons (Fsp3) is 0.118. The van der Waals surface area contributed by atoms with Gasteiger partial charge in [-0.25, -0.2) is 9.59 Å². The summed E-state index contributed by atoms with van der Waals surface area (Å²) < 4.78 is 10.2. The van der Waals surface area contributed by atoms with Gasteiger partial charge in [-0.1, -0.05) is 0 Å². The number of benzene rings is 1. The minimum absolute atomic E-state index is 0.0627. The average molecular weight is 355 g/mol. The van der Waals surface area contributed by atoms with E-state index in [2.05, 4.69) is 15.2 Å². The Labute approximate surface area is 146 Å². The largest absolute Gasteiger partial charge is 0.480 e. The third-order valence-corrected chi connectivity index (χ3v) is 3.76. The number of methoxy groups -OCH3 is 2. The van der Waals surface area contributed by atoms with E-state index in [4.69, 9.17) is 9.47 Å². The van der Waals surface area contributed by atoms with E-state index in [9.17, 15) is 19.8 Å². The van der Waals surface area contributed by atoms with E-state index in [1.807, 2.05) is 0 Å². The van der Waals surface area contributed by atoms with Crippen LogP contribution < -0.4 is 9.47 Å². The lowest BCUT2D eigenvalue weighted by atomic mass is 10.00. The highest BCUT2D eigenvalue weighted by Crippen LogP contribution is 2.32. The van der Waals surface area contributed by atoms with Crippen LogP contribution >= 0.6 is 0 Å². The molecule has 0 unspecified atom stereocenters. The van der Waals surface area contributed by atoms with Crippen molar-refractivity contribution < 1.29 is 29.3 Å². The van der Waals surface area contributed by atoms with Crippen LogP contribution in [-0.2, 0) is 0 Å². The van der Waals surface area contributed by atoms with Crippen LogP contribution in [0, 0.1) is 0 Å². The molecule has 0 aliphatic rings. The van der Waals surface area contributed by atoms with Crippen LogP contribution in [0.25, 0.3) is 22.0 Å². The number of fused-ring (bicyclic) bond motifs is 1. The third-order valence-electron chi connectivity index (χ3n) is 3.76. The molecule has 0 bridgehead atoms. The Morgan fingerprint density at radius 2 is 1.65 bits per heavy atom. The Bertz CT molecular complexity index is 1030. The Balaban J connectivity index is 2.32. The standard InChI is InChI=1S/C17H13N3O6/c1-25-13-6-11(15(26-2)20-19-13)8-5-12-9(16(21)22)3-4-10(17(23)24)14(12)18-7-8/h3-7H,1-2H3,(H,21,22)(H,23,24). The molecule has 0 spiro atoms. The number of carboxylic acid groups (broad SMARTS) is 2. The van der Waals surface area contributed by atoms with Gasteiger partial charge in [0.05, 0.1) is 36.4 Å². The second-order valence-electron chi connectivity index (χ2n) is 5.20. The topological polar surface area (TPSA) is 132 Å². The molecule has 9 nitrogen and oxygen atoms in total. The van der Waals surface area contributed by atoms with Gasteiger partial charge in [-0.15, -0.1) is 10.2 Å². The van der Waals surface area contributed by atoms with E-state index < -0.39 is 11.9 Å². The molecule has 0 fully saturated rings. The molecule has 132 valence electrons. The summed E-state index contributed by atoms with van der Waals surface area (Å²) in [5, 5.41) is 26.6. The molecule has 0 atom stereocenters. The summed E-state index contributed by atoms with van der Waals surface area (Å²) in [6.45, 7) is 0. The summed E-state index contributed by atoms with van der Waals surface area (Å²) in [5.74, 6) is -1.96. The lowest BCUT2D eigenvalue weighted by molar-refractivity contribution is 0.0684. The van der Waals surface area contributed by atoms with E-state index in [1.54, 1.807) is 6.07 Å². The number of rotatable bonds is 5. The van der Waals surface area contributed by atoms with Gasteiger partial charge in [-0.3, -0.25) is 4.98 Å². The van der Waals surface area contributed by atoms with Crippen LogP contribution in [0.5, 0.6) is 11.8 Å². The highest BCUT2D eigenvalue weighted by atomic mass is 16.5. The van der Waals surface area contributed by atoms with Crippen LogP contribution in [0.15, 0.2) is 30.5 Å². The maximum Gasteiger partial charge on any atom is 0.337 e. The molecular weight excluding hydrogens is 342 g/mol. The van der Waals surface area contributed by atoms with Crippen molar-refractivity contribution >= 4 is 22.8 Å². The predicted molar refractivity (Wildman–Crippen MR) is 89.8 cm³/mol. The fourth-order valence-electron chi connectivity index (χ4n) is 2.55. The van der Waals surface area contributed by atoms with Gasteiger partial charge in [-0.05, 0) is 18.2 Å². The third kappa shape index (κ3) is 2.86. The molecule has 0 aliphatic carbocycles. The summed E-state index contributed by atoms with van der Waals surface area (Å²) in [4.78, 5) is 27.1. The maximum atomic E-state index is 11.5. The van der Waals surface area contributed by atoms with Gasteiger partial charge in [0.2, 0.25) is 11.8 Å². The molecule has 0 radical (unpaired) electrons. The quantitative estimate of drug-likeness (QED) is 0.706. The molecule has 0 amide bonds. The lowest BCUT2D eigenvalue weighted by Crippen LogP contribution is -2.05. The number of pyridine rings is 1. The number of carbonyl (C=O) groups is 2. The number of hydrogen-bond acceptors (Lipinski definition) is 7. The average Bonchev–Trinajstić information content (AvgIpc) is 2.65. The Kier molecular flexibility index (Phi) is 4.36.